The van der Waals surface area contributed by atoms with E-state index in [-0.39, 0.29) is 6.10 Å². The van der Waals surface area contributed by atoms with Gasteiger partial charge in [-0.3, -0.25) is 0 Å². The second-order valence-corrected chi connectivity index (χ2v) is 1.94. The van der Waals surface area contributed by atoms with E-state index in [4.69, 9.17) is 4.74 Å². The van der Waals surface area contributed by atoms with Crippen LogP contribution in [0.3, 0.4) is 0 Å². The van der Waals surface area contributed by atoms with Crippen molar-refractivity contribution in [3.8, 4) is 11.5 Å². The molecule has 1 unspecified atom stereocenters. The van der Waals surface area contributed by atoms with Gasteiger partial charge in [0.25, 0.3) is 0 Å². The van der Waals surface area contributed by atoms with E-state index in [0.717, 1.165) is 6.42 Å². The Morgan fingerprint density at radius 1 is 1.78 bits per heavy atom. The van der Waals surface area contributed by atoms with E-state index in [1.807, 2.05) is 13.8 Å². The van der Waals surface area contributed by atoms with Crippen LogP contribution in [0.4, 0.5) is 0 Å². The van der Waals surface area contributed by atoms with Crippen molar-refractivity contribution in [1.29, 1.82) is 0 Å². The Bertz CT molecular complexity index is 112. The molecule has 0 rings (SSSR count). The maximum absolute atomic E-state index is 5.09. The molecule has 1 nitrogen and oxygen atoms in total. The number of ether oxygens (including phenoxy) is 1. The van der Waals surface area contributed by atoms with Crippen molar-refractivity contribution >= 4 is 10.2 Å². The first-order valence-electron chi connectivity index (χ1n) is 2.89. The Kier molecular flexibility index (Phi) is 5.49. The van der Waals surface area contributed by atoms with E-state index in [9.17, 15) is 0 Å². The molecule has 47 valence electrons. The summed E-state index contributed by atoms with van der Waals surface area (Å²) < 4.78 is 5.09. The summed E-state index contributed by atoms with van der Waals surface area (Å²) >= 11 is 0. The maximum atomic E-state index is 5.09. The standard InChI is InChI=1S/C7H10OSi/c1-3-8-7(2)5-4-6-9/h3,7H,5H2,1-2H3/q+1. The minimum atomic E-state index is 0.207. The van der Waals surface area contributed by atoms with Gasteiger partial charge in [-0.15, -0.1) is 11.5 Å². The fourth-order valence-electron chi connectivity index (χ4n) is 0.475. The van der Waals surface area contributed by atoms with Gasteiger partial charge in [0.05, 0.1) is 0 Å². The van der Waals surface area contributed by atoms with Crippen molar-refractivity contribution in [2.75, 3.05) is 0 Å². The zero-order valence-electron chi connectivity index (χ0n) is 5.77. The molecule has 0 aromatic heterocycles. The average Bonchev–Trinajstić information content (AvgIpc) is 1.85. The summed E-state index contributed by atoms with van der Waals surface area (Å²) in [5.74, 6) is 2.85. The molecule has 0 N–H and O–H groups in total. The molecule has 0 fully saturated rings. The van der Waals surface area contributed by atoms with Crippen LogP contribution < -0.4 is 0 Å². The van der Waals surface area contributed by atoms with Gasteiger partial charge in [-0.05, 0) is 6.92 Å². The van der Waals surface area contributed by atoms with Gasteiger partial charge in [-0.1, -0.05) is 0 Å². The zero-order valence-corrected chi connectivity index (χ0v) is 6.77. The van der Waals surface area contributed by atoms with Gasteiger partial charge in [0.2, 0.25) is 6.61 Å². The predicted octanol–water partition coefficient (Wildman–Crippen LogP) is 1.09. The van der Waals surface area contributed by atoms with Gasteiger partial charge in [-0.2, -0.15) is 4.74 Å². The van der Waals surface area contributed by atoms with Crippen molar-refractivity contribution in [3.05, 3.63) is 6.61 Å². The molecule has 0 spiro atoms. The molecule has 1 atom stereocenters. The maximum Gasteiger partial charge on any atom is 0.224 e. The molecule has 0 aliphatic rings. The molecule has 3 radical (unpaired) electrons. The molecule has 0 saturated heterocycles. The van der Waals surface area contributed by atoms with Crippen LogP contribution >= 0.6 is 0 Å². The van der Waals surface area contributed by atoms with Gasteiger partial charge in [-0.25, -0.2) is 0 Å². The second-order valence-electron chi connectivity index (χ2n) is 1.69. The third-order valence-electron chi connectivity index (χ3n) is 0.846. The predicted molar refractivity (Wildman–Crippen MR) is 38.7 cm³/mol. The lowest BCUT2D eigenvalue weighted by molar-refractivity contribution is 0.129. The minimum absolute atomic E-state index is 0.207. The lowest BCUT2D eigenvalue weighted by atomic mass is 10.3. The fraction of sp³-hybridized carbons (Fsp3) is 0.571. The van der Waals surface area contributed by atoms with Gasteiger partial charge in [0.15, 0.2) is 0 Å². The molecular formula is C7H10OSi+. The van der Waals surface area contributed by atoms with Crippen molar-refractivity contribution < 1.29 is 4.74 Å². The number of hydrogen-bond donors (Lipinski definition) is 0. The highest BCUT2D eigenvalue weighted by molar-refractivity contribution is 6.22. The highest BCUT2D eigenvalue weighted by Gasteiger charge is 2.01. The van der Waals surface area contributed by atoms with Crippen LogP contribution in [0.5, 0.6) is 0 Å². The third kappa shape index (κ3) is 5.48. The van der Waals surface area contributed by atoms with Crippen LogP contribution in [-0.2, 0) is 4.74 Å². The van der Waals surface area contributed by atoms with E-state index < -0.39 is 0 Å². The molecule has 9 heavy (non-hydrogen) atoms. The van der Waals surface area contributed by atoms with Gasteiger partial charge < -0.3 is 0 Å². The minimum Gasteiger partial charge on any atom is -0.193 e. The van der Waals surface area contributed by atoms with Crippen molar-refractivity contribution in [1.82, 2.24) is 0 Å². The molecule has 2 heteroatoms. The summed E-state index contributed by atoms with van der Waals surface area (Å²) in [7, 11) is 3.05. The van der Waals surface area contributed by atoms with Crippen LogP contribution in [0.25, 0.3) is 0 Å². The molecule has 0 aliphatic heterocycles. The summed E-state index contributed by atoms with van der Waals surface area (Å²) in [6.07, 6.45) is 0.979. The number of rotatable bonds is 3. The van der Waals surface area contributed by atoms with Crippen molar-refractivity contribution in [2.45, 2.75) is 26.4 Å². The Balaban J connectivity index is 3.22. The quantitative estimate of drug-likeness (QED) is 0.322. The summed E-state index contributed by atoms with van der Waals surface area (Å²) in [4.78, 5) is 0. The number of hydrogen-bond acceptors (Lipinski definition) is 1. The van der Waals surface area contributed by atoms with Crippen LogP contribution in [-0.4, -0.2) is 16.3 Å². The Labute approximate surface area is 60.2 Å². The summed E-state index contributed by atoms with van der Waals surface area (Å²) in [6, 6.07) is 0. The average molecular weight is 138 g/mol. The lowest BCUT2D eigenvalue weighted by Crippen LogP contribution is -2.03. The first-order valence-corrected chi connectivity index (χ1v) is 3.39. The molecule has 0 saturated carbocycles. The normalized spacial score (nSPS) is 11.4. The van der Waals surface area contributed by atoms with Crippen LogP contribution in [0.15, 0.2) is 0 Å². The van der Waals surface area contributed by atoms with Crippen LogP contribution in [0, 0.1) is 18.1 Å². The lowest BCUT2D eigenvalue weighted by Gasteiger charge is -1.96. The zero-order chi connectivity index (χ0) is 7.11. The largest absolute Gasteiger partial charge is 0.224 e. The topological polar surface area (TPSA) is 9.23 Å². The Morgan fingerprint density at radius 3 is 2.89 bits per heavy atom. The first kappa shape index (κ1) is 8.61. The van der Waals surface area contributed by atoms with Gasteiger partial charge in [0, 0.05) is 6.42 Å². The monoisotopic (exact) mass is 138 g/mol. The van der Waals surface area contributed by atoms with Crippen LogP contribution in [0.1, 0.15) is 20.3 Å². The smallest absolute Gasteiger partial charge is 0.193 e. The van der Waals surface area contributed by atoms with E-state index in [0.29, 0.717) is 0 Å². The van der Waals surface area contributed by atoms with E-state index in [2.05, 4.69) is 21.7 Å². The van der Waals surface area contributed by atoms with E-state index >= 15 is 0 Å². The van der Waals surface area contributed by atoms with Crippen LogP contribution in [0.2, 0.25) is 0 Å². The van der Waals surface area contributed by atoms with Crippen molar-refractivity contribution in [3.63, 3.8) is 0 Å². The molecule has 0 bridgehead atoms. The highest BCUT2D eigenvalue weighted by Crippen LogP contribution is 1.96. The van der Waals surface area contributed by atoms with Gasteiger partial charge in [0.1, 0.15) is 23.3 Å². The summed E-state index contributed by atoms with van der Waals surface area (Å²) in [5, 5.41) is 0. The molecule has 0 aromatic carbocycles. The summed E-state index contributed by atoms with van der Waals surface area (Å²) in [6.45, 7) is 5.52. The first-order chi connectivity index (χ1) is 4.31. The molecular weight excluding hydrogens is 128 g/mol. The molecule has 0 amide bonds. The summed E-state index contributed by atoms with van der Waals surface area (Å²) in [5.41, 5.74) is 2.62. The van der Waals surface area contributed by atoms with Gasteiger partial charge >= 0.3 is 0 Å². The molecule has 0 aromatic rings. The Hall–Kier alpha value is -0.393. The SMILES string of the molecule is C[CH+]OC(C)CC#C[Si]. The highest BCUT2D eigenvalue weighted by atomic mass is 28.1. The van der Waals surface area contributed by atoms with Crippen molar-refractivity contribution in [2.24, 2.45) is 0 Å². The fourth-order valence-corrected chi connectivity index (χ4v) is 0.577. The molecule has 0 heterocycles. The second kappa shape index (κ2) is 5.74. The third-order valence-corrected chi connectivity index (χ3v) is 1.02. The molecule has 0 aliphatic carbocycles. The Morgan fingerprint density at radius 2 is 2.44 bits per heavy atom. The van der Waals surface area contributed by atoms with E-state index in [1.54, 1.807) is 6.61 Å². The van der Waals surface area contributed by atoms with E-state index in [1.165, 1.54) is 0 Å².